The zero-order valence-electron chi connectivity index (χ0n) is 12.7. The Labute approximate surface area is 122 Å². The Kier molecular flexibility index (Phi) is 5.55. The van der Waals surface area contributed by atoms with Crippen LogP contribution < -0.4 is 5.73 Å². The van der Waals surface area contributed by atoms with Crippen LogP contribution in [0.25, 0.3) is 0 Å². The van der Waals surface area contributed by atoms with Crippen LogP contribution in [0.3, 0.4) is 0 Å². The molecule has 1 aromatic rings. The van der Waals surface area contributed by atoms with Crippen LogP contribution >= 0.6 is 0 Å². The van der Waals surface area contributed by atoms with Crippen LogP contribution in [0.5, 0.6) is 0 Å². The quantitative estimate of drug-likeness (QED) is 0.895. The summed E-state index contributed by atoms with van der Waals surface area (Å²) in [7, 11) is 0. The van der Waals surface area contributed by atoms with Crippen LogP contribution in [0.1, 0.15) is 45.1 Å². The van der Waals surface area contributed by atoms with Crippen molar-refractivity contribution >= 4 is 0 Å². The first-order valence-corrected chi connectivity index (χ1v) is 7.86. The van der Waals surface area contributed by atoms with Gasteiger partial charge in [-0.1, -0.05) is 19.1 Å². The lowest BCUT2D eigenvalue weighted by molar-refractivity contribution is 0.114. The molecular weight excluding hydrogens is 251 g/mol. The van der Waals surface area contributed by atoms with Crippen LogP contribution in [-0.2, 0) is 6.42 Å². The Morgan fingerprint density at radius 3 is 2.35 bits per heavy atom. The van der Waals surface area contributed by atoms with Gasteiger partial charge in [0.25, 0.3) is 0 Å². The maximum atomic E-state index is 13.0. The Balaban J connectivity index is 1.94. The predicted octanol–water partition coefficient (Wildman–Crippen LogP) is 3.35. The zero-order chi connectivity index (χ0) is 14.5. The van der Waals surface area contributed by atoms with Crippen LogP contribution in [0.2, 0.25) is 0 Å². The van der Waals surface area contributed by atoms with Crippen LogP contribution in [0, 0.1) is 5.82 Å². The van der Waals surface area contributed by atoms with Gasteiger partial charge in [0.1, 0.15) is 5.82 Å². The highest BCUT2D eigenvalue weighted by Gasteiger charge is 2.26. The molecule has 3 heteroatoms. The maximum absolute atomic E-state index is 13.0. The van der Waals surface area contributed by atoms with E-state index in [9.17, 15) is 4.39 Å². The number of benzene rings is 1. The van der Waals surface area contributed by atoms with E-state index in [0.717, 1.165) is 25.8 Å². The summed E-state index contributed by atoms with van der Waals surface area (Å²) in [6.07, 6.45) is 5.69. The molecular formula is C17H27FN2. The first kappa shape index (κ1) is 15.5. The van der Waals surface area contributed by atoms with Gasteiger partial charge in [-0.2, -0.15) is 0 Å². The van der Waals surface area contributed by atoms with Gasteiger partial charge in [-0.15, -0.1) is 0 Å². The summed E-state index contributed by atoms with van der Waals surface area (Å²) >= 11 is 0. The lowest BCUT2D eigenvalue weighted by atomic mass is 9.89. The molecule has 20 heavy (non-hydrogen) atoms. The van der Waals surface area contributed by atoms with Crippen molar-refractivity contribution in [2.45, 2.75) is 64.1 Å². The summed E-state index contributed by atoms with van der Waals surface area (Å²) in [5.74, 6) is -0.157. The third-order valence-corrected chi connectivity index (χ3v) is 4.59. The average Bonchev–Trinajstić information content (AvgIpc) is 2.44. The van der Waals surface area contributed by atoms with E-state index in [2.05, 4.69) is 18.7 Å². The monoisotopic (exact) mass is 278 g/mol. The molecule has 0 amide bonds. The number of likely N-dealkylation sites (N-methyl/N-ethyl adjacent to an activating group) is 1. The number of rotatable bonds is 5. The van der Waals surface area contributed by atoms with E-state index in [0.29, 0.717) is 18.1 Å². The second kappa shape index (κ2) is 7.19. The molecule has 1 aliphatic carbocycles. The lowest BCUT2D eigenvalue weighted by Gasteiger charge is -2.39. The van der Waals surface area contributed by atoms with Crippen LogP contribution in [-0.4, -0.2) is 29.6 Å². The highest BCUT2D eigenvalue weighted by atomic mass is 19.1. The van der Waals surface area contributed by atoms with Crippen LogP contribution in [0.4, 0.5) is 4.39 Å². The molecule has 0 bridgehead atoms. The molecule has 0 radical (unpaired) electrons. The summed E-state index contributed by atoms with van der Waals surface area (Å²) < 4.78 is 13.0. The molecule has 1 saturated carbocycles. The van der Waals surface area contributed by atoms with Gasteiger partial charge < -0.3 is 5.73 Å². The first-order chi connectivity index (χ1) is 9.60. The molecule has 1 aliphatic rings. The van der Waals surface area contributed by atoms with Crippen molar-refractivity contribution in [3.8, 4) is 0 Å². The van der Waals surface area contributed by atoms with Crippen molar-refractivity contribution < 1.29 is 4.39 Å². The van der Waals surface area contributed by atoms with Gasteiger partial charge in [-0.05, 0) is 63.3 Å². The van der Waals surface area contributed by atoms with Crippen molar-refractivity contribution in [3.05, 3.63) is 35.6 Å². The minimum absolute atomic E-state index is 0.157. The zero-order valence-corrected chi connectivity index (χ0v) is 12.7. The van der Waals surface area contributed by atoms with E-state index in [1.807, 2.05) is 12.1 Å². The summed E-state index contributed by atoms with van der Waals surface area (Å²) in [6, 6.07) is 8.46. The fraction of sp³-hybridized carbons (Fsp3) is 0.647. The van der Waals surface area contributed by atoms with E-state index in [4.69, 9.17) is 5.73 Å². The van der Waals surface area contributed by atoms with Gasteiger partial charge in [0.05, 0.1) is 0 Å². The van der Waals surface area contributed by atoms with Crippen molar-refractivity contribution in [1.82, 2.24) is 4.90 Å². The van der Waals surface area contributed by atoms with Crippen molar-refractivity contribution in [1.29, 1.82) is 0 Å². The molecule has 0 aromatic heterocycles. The van der Waals surface area contributed by atoms with Crippen molar-refractivity contribution in [2.75, 3.05) is 6.54 Å². The number of nitrogens with zero attached hydrogens (tertiary/aromatic N) is 1. The molecule has 0 saturated heterocycles. The predicted molar refractivity (Wildman–Crippen MR) is 82.2 cm³/mol. The van der Waals surface area contributed by atoms with Gasteiger partial charge in [0.15, 0.2) is 0 Å². The SMILES string of the molecule is CCN(C(C)Cc1ccc(F)cc1)C1CCC(N)CC1. The molecule has 1 fully saturated rings. The number of halogens is 1. The summed E-state index contributed by atoms with van der Waals surface area (Å²) in [6.45, 7) is 5.58. The molecule has 1 aromatic carbocycles. The molecule has 112 valence electrons. The van der Waals surface area contributed by atoms with Gasteiger partial charge in [-0.3, -0.25) is 4.90 Å². The largest absolute Gasteiger partial charge is 0.328 e. The number of hydrogen-bond donors (Lipinski definition) is 1. The van der Waals surface area contributed by atoms with E-state index >= 15 is 0 Å². The smallest absolute Gasteiger partial charge is 0.123 e. The molecule has 1 atom stereocenters. The number of hydrogen-bond acceptors (Lipinski definition) is 2. The third-order valence-electron chi connectivity index (χ3n) is 4.59. The van der Waals surface area contributed by atoms with Gasteiger partial charge in [0, 0.05) is 18.1 Å². The fourth-order valence-corrected chi connectivity index (χ4v) is 3.44. The molecule has 2 rings (SSSR count). The van der Waals surface area contributed by atoms with E-state index in [1.54, 1.807) is 12.1 Å². The topological polar surface area (TPSA) is 29.3 Å². The third kappa shape index (κ3) is 4.03. The normalized spacial score (nSPS) is 24.9. The summed E-state index contributed by atoms with van der Waals surface area (Å²) in [5, 5.41) is 0. The van der Waals surface area contributed by atoms with E-state index < -0.39 is 0 Å². The Morgan fingerprint density at radius 2 is 1.80 bits per heavy atom. The Hall–Kier alpha value is -0.930. The van der Waals surface area contributed by atoms with E-state index in [-0.39, 0.29) is 5.82 Å². The molecule has 0 spiro atoms. The molecule has 0 aliphatic heterocycles. The minimum atomic E-state index is -0.157. The maximum Gasteiger partial charge on any atom is 0.123 e. The summed E-state index contributed by atoms with van der Waals surface area (Å²) in [5.41, 5.74) is 7.21. The highest BCUT2D eigenvalue weighted by molar-refractivity contribution is 5.17. The first-order valence-electron chi connectivity index (χ1n) is 7.86. The van der Waals surface area contributed by atoms with Gasteiger partial charge in [0.2, 0.25) is 0 Å². The van der Waals surface area contributed by atoms with E-state index in [1.165, 1.54) is 18.4 Å². The summed E-state index contributed by atoms with van der Waals surface area (Å²) in [4.78, 5) is 2.59. The second-order valence-corrected chi connectivity index (χ2v) is 6.08. The lowest BCUT2D eigenvalue weighted by Crippen LogP contribution is -2.46. The average molecular weight is 278 g/mol. The fourth-order valence-electron chi connectivity index (χ4n) is 3.44. The van der Waals surface area contributed by atoms with Crippen molar-refractivity contribution in [2.24, 2.45) is 5.73 Å². The van der Waals surface area contributed by atoms with Crippen molar-refractivity contribution in [3.63, 3.8) is 0 Å². The number of nitrogens with two attached hydrogens (primary N) is 1. The van der Waals surface area contributed by atoms with Gasteiger partial charge >= 0.3 is 0 Å². The van der Waals surface area contributed by atoms with Crippen LogP contribution in [0.15, 0.2) is 24.3 Å². The van der Waals surface area contributed by atoms with Gasteiger partial charge in [-0.25, -0.2) is 4.39 Å². The second-order valence-electron chi connectivity index (χ2n) is 6.08. The molecule has 0 heterocycles. The highest BCUT2D eigenvalue weighted by Crippen LogP contribution is 2.24. The molecule has 1 unspecified atom stereocenters. The molecule has 2 nitrogen and oxygen atoms in total. The Morgan fingerprint density at radius 1 is 1.20 bits per heavy atom. The standard InChI is InChI=1S/C17H27FN2/c1-3-20(17-10-8-16(19)9-11-17)13(2)12-14-4-6-15(18)7-5-14/h4-7,13,16-17H,3,8-12,19H2,1-2H3. The Bertz CT molecular complexity index is 396. The minimum Gasteiger partial charge on any atom is -0.328 e. The molecule has 2 N–H and O–H groups in total.